The van der Waals surface area contributed by atoms with E-state index < -0.39 is 5.82 Å². The molecule has 7 heteroatoms. The van der Waals surface area contributed by atoms with Crippen LogP contribution in [0.15, 0.2) is 42.5 Å². The molecule has 3 amide bonds. The number of nitrogens with zero attached hydrogens (tertiary/aromatic N) is 2. The lowest BCUT2D eigenvalue weighted by Gasteiger charge is -2.33. The highest BCUT2D eigenvalue weighted by Crippen LogP contribution is 2.27. The maximum Gasteiger partial charge on any atom is 0.322 e. The van der Waals surface area contributed by atoms with Gasteiger partial charge in [0.25, 0.3) is 0 Å². The van der Waals surface area contributed by atoms with Gasteiger partial charge in [-0.25, -0.2) is 9.18 Å². The Kier molecular flexibility index (Phi) is 9.26. The van der Waals surface area contributed by atoms with E-state index in [1.165, 1.54) is 12.1 Å². The zero-order valence-corrected chi connectivity index (χ0v) is 20.8. The average Bonchev–Trinajstić information content (AvgIpc) is 2.70. The summed E-state index contributed by atoms with van der Waals surface area (Å²) in [6.45, 7) is 10.5. The second-order valence-electron chi connectivity index (χ2n) is 9.44. The molecule has 0 aliphatic rings. The van der Waals surface area contributed by atoms with E-state index >= 15 is 0 Å². The molecule has 2 rings (SSSR count). The highest BCUT2D eigenvalue weighted by molar-refractivity contribution is 5.91. The lowest BCUT2D eigenvalue weighted by atomic mass is 10.0. The third kappa shape index (κ3) is 7.77. The summed E-state index contributed by atoms with van der Waals surface area (Å²) in [6, 6.07) is 11.2. The molecule has 0 saturated carbocycles. The number of rotatable bonds is 9. The predicted molar refractivity (Wildman–Crippen MR) is 134 cm³/mol. The van der Waals surface area contributed by atoms with Gasteiger partial charge >= 0.3 is 6.03 Å². The van der Waals surface area contributed by atoms with Crippen LogP contribution in [0.25, 0.3) is 0 Å². The normalized spacial score (nSPS) is 11.9. The molecule has 0 saturated heterocycles. The lowest BCUT2D eigenvalue weighted by Crippen LogP contribution is -2.43. The van der Waals surface area contributed by atoms with Gasteiger partial charge < -0.3 is 20.4 Å². The first-order chi connectivity index (χ1) is 15.5. The number of carbonyl (C=O) groups is 2. The zero-order valence-electron chi connectivity index (χ0n) is 20.8. The van der Waals surface area contributed by atoms with E-state index in [4.69, 9.17) is 0 Å². The van der Waals surface area contributed by atoms with Crippen molar-refractivity contribution in [2.75, 3.05) is 29.6 Å². The first-order valence-corrected chi connectivity index (χ1v) is 11.4. The molecule has 0 aliphatic carbocycles. The average molecular weight is 457 g/mol. The van der Waals surface area contributed by atoms with Crippen molar-refractivity contribution < 1.29 is 14.0 Å². The molecule has 0 unspecified atom stereocenters. The number of anilines is 3. The molecule has 2 N–H and O–H groups in total. The van der Waals surface area contributed by atoms with Gasteiger partial charge in [0.2, 0.25) is 5.91 Å². The van der Waals surface area contributed by atoms with Crippen molar-refractivity contribution in [2.24, 2.45) is 11.8 Å². The van der Waals surface area contributed by atoms with Crippen molar-refractivity contribution in [1.82, 2.24) is 4.90 Å². The van der Waals surface area contributed by atoms with Crippen molar-refractivity contribution >= 4 is 29.0 Å². The van der Waals surface area contributed by atoms with Crippen molar-refractivity contribution in [3.05, 3.63) is 53.8 Å². The van der Waals surface area contributed by atoms with Gasteiger partial charge in [0.1, 0.15) is 5.82 Å². The summed E-state index contributed by atoms with van der Waals surface area (Å²) in [5.41, 5.74) is 2.97. The van der Waals surface area contributed by atoms with Crippen LogP contribution in [0.5, 0.6) is 0 Å². The summed E-state index contributed by atoms with van der Waals surface area (Å²) >= 11 is 0. The lowest BCUT2D eigenvalue weighted by molar-refractivity contribution is -0.116. The standard InChI is InChI=1S/C26H37FN4O2/c1-17(2)13-25(32)28-23-11-12-24(30(6)7)20(14-23)16-31(19(5)18(3)4)26(33)29-22-10-8-9-21(27)15-22/h8-12,14-15,17-19H,13,16H2,1-7H3,(H,28,32)(H,29,33)/t19-/m1/s1. The highest BCUT2D eigenvalue weighted by Gasteiger charge is 2.25. The van der Waals surface area contributed by atoms with Crippen LogP contribution in [0.1, 0.15) is 46.6 Å². The van der Waals surface area contributed by atoms with Crippen LogP contribution >= 0.6 is 0 Å². The van der Waals surface area contributed by atoms with Crippen LogP contribution in [0.4, 0.5) is 26.2 Å². The summed E-state index contributed by atoms with van der Waals surface area (Å²) in [6.07, 6.45) is 0.442. The van der Waals surface area contributed by atoms with Gasteiger partial charge in [0.15, 0.2) is 0 Å². The molecule has 0 aromatic heterocycles. The molecule has 180 valence electrons. The van der Waals surface area contributed by atoms with Gasteiger partial charge in [-0.2, -0.15) is 0 Å². The molecule has 0 bridgehead atoms. The third-order valence-electron chi connectivity index (χ3n) is 5.57. The number of halogens is 1. The molecule has 0 heterocycles. The van der Waals surface area contributed by atoms with Gasteiger partial charge in [0.05, 0.1) is 0 Å². The topological polar surface area (TPSA) is 64.7 Å². The first-order valence-electron chi connectivity index (χ1n) is 11.4. The quantitative estimate of drug-likeness (QED) is 0.490. The molecule has 0 aliphatic heterocycles. The predicted octanol–water partition coefficient (Wildman–Crippen LogP) is 5.95. The first kappa shape index (κ1) is 26.2. The fourth-order valence-electron chi connectivity index (χ4n) is 3.51. The van der Waals surface area contributed by atoms with E-state index in [2.05, 4.69) is 24.5 Å². The molecular formula is C26H37FN4O2. The fourth-order valence-corrected chi connectivity index (χ4v) is 3.51. The molecule has 2 aromatic carbocycles. The van der Waals surface area contributed by atoms with E-state index in [1.807, 2.05) is 58.0 Å². The number of nitrogens with one attached hydrogen (secondary N) is 2. The SMILES string of the molecule is CC(C)CC(=O)Nc1ccc(N(C)C)c(CN(C(=O)Nc2cccc(F)c2)[C@H](C)C(C)C)c1. The van der Waals surface area contributed by atoms with Gasteiger partial charge in [-0.3, -0.25) is 4.79 Å². The van der Waals surface area contributed by atoms with E-state index in [9.17, 15) is 14.0 Å². The van der Waals surface area contributed by atoms with Gasteiger partial charge in [0, 0.05) is 50.2 Å². The van der Waals surface area contributed by atoms with Crippen LogP contribution in [-0.2, 0) is 11.3 Å². The van der Waals surface area contributed by atoms with Crippen molar-refractivity contribution in [2.45, 2.75) is 53.6 Å². The number of benzene rings is 2. The maximum absolute atomic E-state index is 13.6. The number of hydrogen-bond donors (Lipinski definition) is 2. The molecule has 6 nitrogen and oxygen atoms in total. The molecule has 0 spiro atoms. The van der Waals surface area contributed by atoms with Crippen molar-refractivity contribution in [3.63, 3.8) is 0 Å². The molecule has 33 heavy (non-hydrogen) atoms. The Labute approximate surface area is 197 Å². The highest BCUT2D eigenvalue weighted by atomic mass is 19.1. The van der Waals surface area contributed by atoms with Crippen LogP contribution in [-0.4, -0.2) is 37.0 Å². The Balaban J connectivity index is 2.35. The maximum atomic E-state index is 13.6. The van der Waals surface area contributed by atoms with E-state index in [-0.39, 0.29) is 29.8 Å². The Hall–Kier alpha value is -3.09. The minimum Gasteiger partial charge on any atom is -0.377 e. The molecule has 0 radical (unpaired) electrons. The minimum absolute atomic E-state index is 0.0372. The monoisotopic (exact) mass is 456 g/mol. The Morgan fingerprint density at radius 3 is 2.18 bits per heavy atom. The largest absolute Gasteiger partial charge is 0.377 e. The molecular weight excluding hydrogens is 419 g/mol. The van der Waals surface area contributed by atoms with Crippen molar-refractivity contribution in [3.8, 4) is 0 Å². The smallest absolute Gasteiger partial charge is 0.322 e. The van der Waals surface area contributed by atoms with Crippen molar-refractivity contribution in [1.29, 1.82) is 0 Å². The number of amides is 3. The van der Waals surface area contributed by atoms with Gasteiger partial charge in [-0.05, 0) is 60.7 Å². The van der Waals surface area contributed by atoms with E-state index in [0.717, 1.165) is 11.3 Å². The second-order valence-corrected chi connectivity index (χ2v) is 9.44. The van der Waals surface area contributed by atoms with Gasteiger partial charge in [-0.15, -0.1) is 0 Å². The summed E-state index contributed by atoms with van der Waals surface area (Å²) in [7, 11) is 3.89. The minimum atomic E-state index is -0.406. The molecule has 2 aromatic rings. The number of hydrogen-bond acceptors (Lipinski definition) is 3. The Morgan fingerprint density at radius 2 is 1.61 bits per heavy atom. The van der Waals surface area contributed by atoms with Crippen LogP contribution < -0.4 is 15.5 Å². The van der Waals surface area contributed by atoms with E-state index in [0.29, 0.717) is 24.3 Å². The summed E-state index contributed by atoms with van der Waals surface area (Å²) in [5, 5.41) is 5.78. The molecule has 0 fully saturated rings. The third-order valence-corrected chi connectivity index (χ3v) is 5.57. The van der Waals surface area contributed by atoms with E-state index in [1.54, 1.807) is 17.0 Å². The number of urea groups is 1. The summed E-state index contributed by atoms with van der Waals surface area (Å²) < 4.78 is 13.6. The summed E-state index contributed by atoms with van der Waals surface area (Å²) in [5.74, 6) is 0.0280. The zero-order chi connectivity index (χ0) is 24.7. The summed E-state index contributed by atoms with van der Waals surface area (Å²) in [4.78, 5) is 29.3. The van der Waals surface area contributed by atoms with Crippen LogP contribution in [0.2, 0.25) is 0 Å². The Bertz CT molecular complexity index is 959. The Morgan fingerprint density at radius 1 is 0.939 bits per heavy atom. The fraction of sp³-hybridized carbons (Fsp3) is 0.462. The van der Waals surface area contributed by atoms with Crippen LogP contribution in [0, 0.1) is 17.7 Å². The second kappa shape index (κ2) is 11.7. The van der Waals surface area contributed by atoms with Crippen LogP contribution in [0.3, 0.4) is 0 Å². The number of carbonyl (C=O) groups excluding carboxylic acids is 2. The van der Waals surface area contributed by atoms with Gasteiger partial charge in [-0.1, -0.05) is 33.8 Å². The molecule has 1 atom stereocenters.